The molecule has 9 aromatic rings. The van der Waals surface area contributed by atoms with Crippen LogP contribution >= 0.6 is 0 Å². The summed E-state index contributed by atoms with van der Waals surface area (Å²) in [6.07, 6.45) is 6.76. The number of fused-ring (bicyclic) bond motifs is 15. The largest absolute Gasteiger partial charge is 0.221 e. The molecule has 0 N–H and O–H groups in total. The van der Waals surface area contributed by atoms with Gasteiger partial charge in [-0.3, -0.25) is 0 Å². The molecule has 12 rings (SSSR count). The van der Waals surface area contributed by atoms with Gasteiger partial charge in [-0.05, 0) is 146 Å². The molecule has 0 aliphatic carbocycles. The van der Waals surface area contributed by atoms with Gasteiger partial charge in [0.2, 0.25) is 22.6 Å². The van der Waals surface area contributed by atoms with E-state index in [1.807, 2.05) is 0 Å². The number of nitrogens with zero attached hydrogens (tertiary/aromatic N) is 3. The molecule has 0 fully saturated rings. The SMILES string of the molecule is C.CC(C)Cc1cc(CC(C)C)c2c(c1)-c1ccc3ccccc3[n+]1C2.Cc1cc(C)c2c(c1)-c1c3cc(C)ccc3cc[n+]1C2.Cc1cc(C)c2c(c1)-c1c3ccccc3cc[n+]1C2. The Labute approximate surface area is 387 Å². The van der Waals surface area contributed by atoms with Gasteiger partial charge in [-0.15, -0.1) is 0 Å². The zero-order chi connectivity index (χ0) is 44.4. The molecule has 65 heavy (non-hydrogen) atoms. The van der Waals surface area contributed by atoms with Crippen molar-refractivity contribution in [3.63, 3.8) is 0 Å². The summed E-state index contributed by atoms with van der Waals surface area (Å²) in [7, 11) is 0. The number of aryl methyl sites for hydroxylation is 5. The number of aromatic nitrogens is 3. The molecule has 6 heterocycles. The summed E-state index contributed by atoms with van der Waals surface area (Å²) in [4.78, 5) is 0. The lowest BCUT2D eigenvalue weighted by atomic mass is 9.90. The molecule has 3 aliphatic heterocycles. The Hall–Kier alpha value is -6.45. The summed E-state index contributed by atoms with van der Waals surface area (Å²) in [6, 6.07) is 47.3. The number of pyridine rings is 3. The van der Waals surface area contributed by atoms with Crippen LogP contribution in [0.5, 0.6) is 0 Å². The first-order valence-corrected chi connectivity index (χ1v) is 23.5. The Kier molecular flexibility index (Phi) is 11.8. The van der Waals surface area contributed by atoms with Crippen molar-refractivity contribution in [3.05, 3.63) is 195 Å². The molecular formula is C62H66N3+3. The zero-order valence-electron chi connectivity index (χ0n) is 39.3. The Morgan fingerprint density at radius 2 is 1.03 bits per heavy atom. The standard InChI is InChI=1S/C24H28N.C19H18N.C18H16N.CH4/c1-16(2)11-18-13-20(12-17(3)4)22-15-25-23-8-6-5-7-19(23)9-10-24(25)21(22)14-18;1-12-4-5-15-6-7-20-11-18-14(3)8-13(2)10-17(18)19(20)16(15)9-12;1-12-9-13(2)17-11-19-8-7-14-5-3-4-6-15(14)18(19)16(17)10-12;/h5-10,13-14,16-17H,11-12,15H2,1-4H3;4-10H,11H2,1-3H3;3-10H,11H2,1-2H3;1H4/q3*+1;. The number of benzene rings is 6. The molecule has 0 amide bonds. The topological polar surface area (TPSA) is 11.6 Å². The van der Waals surface area contributed by atoms with Crippen molar-refractivity contribution < 1.29 is 13.7 Å². The van der Waals surface area contributed by atoms with Crippen molar-refractivity contribution >= 4 is 32.4 Å². The first-order valence-electron chi connectivity index (χ1n) is 23.5. The molecule has 0 saturated carbocycles. The summed E-state index contributed by atoms with van der Waals surface area (Å²) in [6.45, 7) is 23.3. The van der Waals surface area contributed by atoms with Gasteiger partial charge >= 0.3 is 0 Å². The van der Waals surface area contributed by atoms with E-state index in [4.69, 9.17) is 0 Å². The first-order chi connectivity index (χ1) is 30.9. The van der Waals surface area contributed by atoms with Gasteiger partial charge in [0.1, 0.15) is 0 Å². The van der Waals surface area contributed by atoms with Gasteiger partial charge in [-0.25, -0.2) is 0 Å². The minimum atomic E-state index is 0. The highest BCUT2D eigenvalue weighted by Crippen LogP contribution is 2.37. The van der Waals surface area contributed by atoms with E-state index in [9.17, 15) is 0 Å². The molecule has 3 nitrogen and oxygen atoms in total. The van der Waals surface area contributed by atoms with Crippen molar-refractivity contribution in [1.29, 1.82) is 0 Å². The van der Waals surface area contributed by atoms with E-state index in [-0.39, 0.29) is 7.43 Å². The third kappa shape index (κ3) is 8.16. The van der Waals surface area contributed by atoms with Gasteiger partial charge < -0.3 is 0 Å². The highest BCUT2D eigenvalue weighted by Gasteiger charge is 2.33. The van der Waals surface area contributed by atoms with Crippen LogP contribution in [0, 0.1) is 46.5 Å². The molecule has 0 spiro atoms. The van der Waals surface area contributed by atoms with Gasteiger partial charge in [0.15, 0.2) is 32.0 Å². The maximum atomic E-state index is 2.50. The van der Waals surface area contributed by atoms with Crippen LogP contribution in [-0.4, -0.2) is 0 Å². The fraction of sp³-hybridized carbons (Fsp3) is 0.274. The van der Waals surface area contributed by atoms with Crippen molar-refractivity contribution in [2.24, 2.45) is 11.8 Å². The minimum Gasteiger partial charge on any atom is -0.193 e. The third-order valence-corrected chi connectivity index (χ3v) is 13.7. The summed E-state index contributed by atoms with van der Waals surface area (Å²) in [5, 5.41) is 6.70. The molecule has 0 saturated heterocycles. The summed E-state index contributed by atoms with van der Waals surface area (Å²) in [5.41, 5.74) is 24.1. The fourth-order valence-corrected chi connectivity index (χ4v) is 11.0. The van der Waals surface area contributed by atoms with Crippen LogP contribution in [-0.2, 0) is 32.5 Å². The van der Waals surface area contributed by atoms with Crippen molar-refractivity contribution in [2.75, 3.05) is 0 Å². The van der Waals surface area contributed by atoms with E-state index in [0.29, 0.717) is 11.8 Å². The lowest BCUT2D eigenvalue weighted by molar-refractivity contribution is -0.671. The molecule has 6 aromatic carbocycles. The molecular weight excluding hydrogens is 787 g/mol. The number of rotatable bonds is 4. The van der Waals surface area contributed by atoms with Gasteiger partial charge in [0.05, 0.1) is 27.5 Å². The summed E-state index contributed by atoms with van der Waals surface area (Å²) in [5.74, 6) is 1.37. The number of hydrogen-bond acceptors (Lipinski definition) is 0. The van der Waals surface area contributed by atoms with E-state index in [0.717, 1.165) is 26.1 Å². The smallest absolute Gasteiger partial charge is 0.193 e. The maximum absolute atomic E-state index is 2.50. The van der Waals surface area contributed by atoms with Crippen LogP contribution < -0.4 is 13.7 Å². The number of para-hydroxylation sites is 1. The quantitative estimate of drug-likeness (QED) is 0.156. The van der Waals surface area contributed by atoms with E-state index in [1.165, 1.54) is 123 Å². The van der Waals surface area contributed by atoms with Gasteiger partial charge in [0.25, 0.3) is 0 Å². The minimum absolute atomic E-state index is 0. The fourth-order valence-electron chi connectivity index (χ4n) is 11.0. The molecule has 0 atom stereocenters. The van der Waals surface area contributed by atoms with E-state index < -0.39 is 0 Å². The Balaban J connectivity index is 0.000000123. The molecule has 3 aliphatic rings. The van der Waals surface area contributed by atoms with Crippen LogP contribution in [0.3, 0.4) is 0 Å². The second-order valence-electron chi connectivity index (χ2n) is 19.8. The number of hydrogen-bond donors (Lipinski definition) is 0. The average molecular weight is 853 g/mol. The monoisotopic (exact) mass is 853 g/mol. The second-order valence-corrected chi connectivity index (χ2v) is 19.8. The van der Waals surface area contributed by atoms with Crippen LogP contribution in [0.2, 0.25) is 0 Å². The van der Waals surface area contributed by atoms with Crippen molar-refractivity contribution in [3.8, 4) is 33.8 Å². The summed E-state index contributed by atoms with van der Waals surface area (Å²) >= 11 is 0. The van der Waals surface area contributed by atoms with Crippen LogP contribution in [0.15, 0.2) is 140 Å². The summed E-state index contributed by atoms with van der Waals surface area (Å²) < 4.78 is 7.27. The second kappa shape index (κ2) is 17.5. The highest BCUT2D eigenvalue weighted by molar-refractivity contribution is 5.96. The van der Waals surface area contributed by atoms with Crippen molar-refractivity contribution in [2.45, 2.75) is 102 Å². The van der Waals surface area contributed by atoms with Crippen LogP contribution in [0.25, 0.3) is 66.2 Å². The molecule has 326 valence electrons. The highest BCUT2D eigenvalue weighted by atomic mass is 15.0. The molecule has 3 heteroatoms. The Morgan fingerprint density at radius 3 is 1.68 bits per heavy atom. The Bertz CT molecular complexity index is 3310. The van der Waals surface area contributed by atoms with Gasteiger partial charge in [0, 0.05) is 46.3 Å². The third-order valence-electron chi connectivity index (χ3n) is 13.7. The van der Waals surface area contributed by atoms with E-state index in [2.05, 4.69) is 216 Å². The van der Waals surface area contributed by atoms with Gasteiger partial charge in [-0.1, -0.05) is 101 Å². The molecule has 0 unspecified atom stereocenters. The average Bonchev–Trinajstić information content (AvgIpc) is 3.96. The van der Waals surface area contributed by atoms with E-state index >= 15 is 0 Å². The van der Waals surface area contributed by atoms with Crippen LogP contribution in [0.1, 0.15) is 90.8 Å². The van der Waals surface area contributed by atoms with Crippen molar-refractivity contribution in [1.82, 2.24) is 0 Å². The Morgan fingerprint density at radius 1 is 0.462 bits per heavy atom. The molecule has 3 aromatic heterocycles. The van der Waals surface area contributed by atoms with Gasteiger partial charge in [-0.2, -0.15) is 13.7 Å². The predicted octanol–water partition coefficient (Wildman–Crippen LogP) is 14.0. The molecule has 0 radical (unpaired) electrons. The molecule has 0 bridgehead atoms. The van der Waals surface area contributed by atoms with Crippen LogP contribution in [0.4, 0.5) is 0 Å². The zero-order valence-corrected chi connectivity index (χ0v) is 39.3. The normalized spacial score (nSPS) is 12.5. The maximum Gasteiger partial charge on any atom is 0.221 e. The lowest BCUT2D eigenvalue weighted by Crippen LogP contribution is -2.33. The predicted molar refractivity (Wildman–Crippen MR) is 274 cm³/mol. The van der Waals surface area contributed by atoms with E-state index in [1.54, 1.807) is 5.56 Å². The first kappa shape index (κ1) is 43.8. The lowest BCUT2D eigenvalue weighted by Gasteiger charge is -2.13.